The second kappa shape index (κ2) is 3.93. The lowest BCUT2D eigenvalue weighted by molar-refractivity contribution is 0.0931. The summed E-state index contributed by atoms with van der Waals surface area (Å²) in [6.07, 6.45) is 3.55. The predicted octanol–water partition coefficient (Wildman–Crippen LogP) is 2.89. The van der Waals surface area contributed by atoms with Crippen LogP contribution in [0.2, 0.25) is 0 Å². The molecular weight excluding hydrogens is 244 g/mol. The van der Waals surface area contributed by atoms with Crippen LogP contribution in [0.4, 0.5) is 0 Å². The molecule has 0 aliphatic rings. The van der Waals surface area contributed by atoms with E-state index in [2.05, 4.69) is 17.1 Å². The van der Waals surface area contributed by atoms with Gasteiger partial charge in [0.1, 0.15) is 5.82 Å². The number of rotatable bonds is 2. The number of aliphatic hydroxyl groups is 1. The van der Waals surface area contributed by atoms with Crippen LogP contribution in [-0.4, -0.2) is 14.7 Å². The summed E-state index contributed by atoms with van der Waals surface area (Å²) < 4.78 is 3.03. The molecule has 0 bridgehead atoms. The van der Waals surface area contributed by atoms with E-state index in [1.54, 1.807) is 24.5 Å². The zero-order valence-corrected chi connectivity index (χ0v) is 11.1. The molecule has 18 heavy (non-hydrogen) atoms. The molecule has 2 heterocycles. The Morgan fingerprint density at radius 3 is 2.78 bits per heavy atom. The number of aryl methyl sites for hydroxylation is 1. The van der Waals surface area contributed by atoms with E-state index in [0.717, 1.165) is 10.3 Å². The zero-order chi connectivity index (χ0) is 12.8. The number of hydrogen-bond donors (Lipinski definition) is 1. The number of nitrogens with zero attached hydrogens (tertiary/aromatic N) is 2. The van der Waals surface area contributed by atoms with Crippen LogP contribution in [0.5, 0.6) is 0 Å². The molecule has 1 N–H and O–H groups in total. The summed E-state index contributed by atoms with van der Waals surface area (Å²) in [5.74, 6) is 0.661. The van der Waals surface area contributed by atoms with Crippen molar-refractivity contribution in [3.05, 3.63) is 53.4 Å². The highest BCUT2D eigenvalue weighted by Gasteiger charge is 2.31. The molecule has 0 fully saturated rings. The molecule has 3 nitrogen and oxygen atoms in total. The number of imidazole rings is 1. The maximum Gasteiger partial charge on any atom is 0.153 e. The van der Waals surface area contributed by atoms with Gasteiger partial charge >= 0.3 is 0 Å². The number of hydrogen-bond acceptors (Lipinski definition) is 3. The van der Waals surface area contributed by atoms with E-state index in [-0.39, 0.29) is 0 Å². The summed E-state index contributed by atoms with van der Waals surface area (Å²) in [5, 5.41) is 11.9. The van der Waals surface area contributed by atoms with E-state index in [1.165, 1.54) is 4.70 Å². The van der Waals surface area contributed by atoms with E-state index in [9.17, 15) is 5.11 Å². The van der Waals surface area contributed by atoms with Crippen LogP contribution in [0, 0.1) is 0 Å². The first kappa shape index (κ1) is 11.4. The fourth-order valence-corrected chi connectivity index (χ4v) is 3.27. The first-order valence-electron chi connectivity index (χ1n) is 5.78. The Morgan fingerprint density at radius 1 is 1.33 bits per heavy atom. The van der Waals surface area contributed by atoms with Gasteiger partial charge in [-0.25, -0.2) is 4.98 Å². The second-order valence-corrected chi connectivity index (χ2v) is 5.67. The molecular formula is C14H14N2OS. The summed E-state index contributed by atoms with van der Waals surface area (Å²) in [5.41, 5.74) is -1.05. The van der Waals surface area contributed by atoms with Gasteiger partial charge in [0.05, 0.1) is 0 Å². The van der Waals surface area contributed by atoms with Crippen molar-refractivity contribution in [2.75, 3.05) is 0 Å². The molecule has 0 aliphatic carbocycles. The van der Waals surface area contributed by atoms with Crippen molar-refractivity contribution in [2.45, 2.75) is 12.5 Å². The van der Waals surface area contributed by atoms with Crippen molar-refractivity contribution in [3.63, 3.8) is 0 Å². The zero-order valence-electron chi connectivity index (χ0n) is 10.3. The van der Waals surface area contributed by atoms with Crippen LogP contribution in [0.1, 0.15) is 17.6 Å². The highest BCUT2D eigenvalue weighted by atomic mass is 32.1. The Morgan fingerprint density at radius 2 is 2.11 bits per heavy atom. The third kappa shape index (κ3) is 1.65. The highest BCUT2D eigenvalue weighted by Crippen LogP contribution is 2.36. The Bertz CT molecular complexity index is 663. The molecule has 1 atom stereocenters. The lowest BCUT2D eigenvalue weighted by atomic mass is 10.0. The van der Waals surface area contributed by atoms with Gasteiger partial charge in [-0.15, -0.1) is 11.3 Å². The average molecular weight is 258 g/mol. The van der Waals surface area contributed by atoms with Gasteiger partial charge in [-0.3, -0.25) is 0 Å². The minimum absolute atomic E-state index is 0.661. The fraction of sp³-hybridized carbons (Fsp3) is 0.214. The molecule has 2 aromatic heterocycles. The molecule has 0 amide bonds. The third-order valence-corrected chi connectivity index (χ3v) is 4.49. The van der Waals surface area contributed by atoms with Crippen LogP contribution < -0.4 is 0 Å². The van der Waals surface area contributed by atoms with E-state index >= 15 is 0 Å². The van der Waals surface area contributed by atoms with Gasteiger partial charge < -0.3 is 9.67 Å². The summed E-state index contributed by atoms with van der Waals surface area (Å²) in [7, 11) is 1.89. The van der Waals surface area contributed by atoms with E-state index < -0.39 is 5.60 Å². The first-order valence-corrected chi connectivity index (χ1v) is 6.60. The molecule has 92 valence electrons. The first-order chi connectivity index (χ1) is 8.59. The molecule has 0 saturated carbocycles. The van der Waals surface area contributed by atoms with Gasteiger partial charge in [0.15, 0.2) is 5.60 Å². The quantitative estimate of drug-likeness (QED) is 0.767. The van der Waals surface area contributed by atoms with Crippen molar-refractivity contribution >= 4 is 21.4 Å². The maximum atomic E-state index is 10.8. The molecule has 0 spiro atoms. The molecule has 1 unspecified atom stereocenters. The number of thiophene rings is 1. The van der Waals surface area contributed by atoms with Gasteiger partial charge in [-0.2, -0.15) is 0 Å². The largest absolute Gasteiger partial charge is 0.377 e. The normalized spacial score (nSPS) is 14.8. The van der Waals surface area contributed by atoms with Gasteiger partial charge in [0.2, 0.25) is 0 Å². The number of fused-ring (bicyclic) bond motifs is 1. The number of benzene rings is 1. The summed E-state index contributed by atoms with van der Waals surface area (Å²) in [6, 6.07) is 10.2. The molecule has 0 radical (unpaired) electrons. The van der Waals surface area contributed by atoms with Crippen LogP contribution in [0.15, 0.2) is 42.7 Å². The summed E-state index contributed by atoms with van der Waals surface area (Å²) in [6.45, 7) is 1.79. The summed E-state index contributed by atoms with van der Waals surface area (Å²) >= 11 is 1.61. The smallest absolute Gasteiger partial charge is 0.153 e. The van der Waals surface area contributed by atoms with Crippen molar-refractivity contribution in [1.82, 2.24) is 9.55 Å². The Hall–Kier alpha value is -1.65. The molecule has 0 aliphatic heterocycles. The minimum Gasteiger partial charge on any atom is -0.377 e. The molecule has 3 aromatic rings. The van der Waals surface area contributed by atoms with Crippen molar-refractivity contribution in [3.8, 4) is 0 Å². The van der Waals surface area contributed by atoms with Gasteiger partial charge in [-0.1, -0.05) is 18.2 Å². The van der Waals surface area contributed by atoms with E-state index in [0.29, 0.717) is 5.82 Å². The van der Waals surface area contributed by atoms with Crippen LogP contribution in [0.25, 0.3) is 10.1 Å². The number of aromatic nitrogens is 2. The van der Waals surface area contributed by atoms with Crippen LogP contribution in [0.3, 0.4) is 0 Å². The van der Waals surface area contributed by atoms with Gasteiger partial charge in [0, 0.05) is 29.0 Å². The van der Waals surface area contributed by atoms with Crippen LogP contribution in [-0.2, 0) is 12.6 Å². The predicted molar refractivity (Wildman–Crippen MR) is 73.7 cm³/mol. The second-order valence-electron chi connectivity index (χ2n) is 4.58. The lowest BCUT2D eigenvalue weighted by Gasteiger charge is -2.21. The van der Waals surface area contributed by atoms with Gasteiger partial charge in [0.25, 0.3) is 0 Å². The SMILES string of the molecule is Cn1ccnc1C(C)(O)c1cc2ccccc2s1. The van der Waals surface area contributed by atoms with Crippen LogP contribution >= 0.6 is 11.3 Å². The van der Waals surface area contributed by atoms with Gasteiger partial charge in [-0.05, 0) is 24.4 Å². The van der Waals surface area contributed by atoms with Crippen molar-refractivity contribution in [1.29, 1.82) is 0 Å². The monoisotopic (exact) mass is 258 g/mol. The average Bonchev–Trinajstić information content (AvgIpc) is 2.94. The maximum absolute atomic E-state index is 10.8. The molecule has 0 saturated heterocycles. The third-order valence-electron chi connectivity index (χ3n) is 3.16. The topological polar surface area (TPSA) is 38.0 Å². The summed E-state index contributed by atoms with van der Waals surface area (Å²) in [4.78, 5) is 5.17. The van der Waals surface area contributed by atoms with Crippen molar-refractivity contribution in [2.24, 2.45) is 7.05 Å². The van der Waals surface area contributed by atoms with Crippen molar-refractivity contribution < 1.29 is 5.11 Å². The molecule has 4 heteroatoms. The fourth-order valence-electron chi connectivity index (χ4n) is 2.17. The highest BCUT2D eigenvalue weighted by molar-refractivity contribution is 7.19. The standard InChI is InChI=1S/C14H14N2OS/c1-14(17,13-15-7-8-16(13)2)12-9-10-5-3-4-6-11(10)18-12/h3-9,17H,1-2H3. The Balaban J connectivity index is 2.16. The minimum atomic E-state index is -1.05. The van der Waals surface area contributed by atoms with E-state index in [4.69, 9.17) is 0 Å². The Labute approximate surface area is 109 Å². The molecule has 1 aromatic carbocycles. The Kier molecular flexibility index (Phi) is 2.50. The van der Waals surface area contributed by atoms with E-state index in [1.807, 2.05) is 36.0 Å². The lowest BCUT2D eigenvalue weighted by Crippen LogP contribution is -2.25. The molecule has 3 rings (SSSR count).